The molecule has 1 heterocycles. The highest BCUT2D eigenvalue weighted by molar-refractivity contribution is 5.34. The van der Waals surface area contributed by atoms with E-state index >= 15 is 0 Å². The zero-order valence-electron chi connectivity index (χ0n) is 8.81. The number of hydrogen-bond donors (Lipinski definition) is 1. The molecule has 0 fully saturated rings. The first-order valence-corrected chi connectivity index (χ1v) is 2.96. The molecule has 2 nitrogen and oxygen atoms in total. The summed E-state index contributed by atoms with van der Waals surface area (Å²) in [6.07, 6.45) is -4.70. The van der Waals surface area contributed by atoms with Gasteiger partial charge in [-0.05, 0) is 24.5 Å². The number of aryl methyl sites for hydroxylation is 1. The van der Waals surface area contributed by atoms with Crippen LogP contribution in [-0.2, 0) is 6.18 Å². The quantitative estimate of drug-likeness (QED) is 0.661. The fourth-order valence-electron chi connectivity index (χ4n) is 0.697. The van der Waals surface area contributed by atoms with Crippen LogP contribution in [0.15, 0.2) is 12.1 Å². The lowest BCUT2D eigenvalue weighted by Crippen LogP contribution is -2.09. The molecule has 0 amide bonds. The molecule has 2 N–H and O–H groups in total. The molecule has 0 saturated carbocycles. The van der Waals surface area contributed by atoms with Crippen LogP contribution in [0, 0.1) is 6.85 Å². The Kier molecular flexibility index (Phi) is 1.19. The van der Waals surface area contributed by atoms with Gasteiger partial charge in [-0.15, -0.1) is 0 Å². The van der Waals surface area contributed by atoms with E-state index in [1.165, 1.54) is 0 Å². The van der Waals surface area contributed by atoms with Gasteiger partial charge in [-0.2, -0.15) is 13.2 Å². The largest absolute Gasteiger partial charge is 0.433 e. The molecule has 0 aliphatic heterocycles. The maximum absolute atomic E-state index is 12.2. The molecule has 0 aromatic carbocycles. The first-order chi connectivity index (χ1) is 6.60. The average molecular weight is 179 g/mol. The van der Waals surface area contributed by atoms with Crippen LogP contribution in [0.2, 0.25) is 0 Å². The van der Waals surface area contributed by atoms with Gasteiger partial charge in [-0.1, -0.05) is 0 Å². The highest BCUT2D eigenvalue weighted by Crippen LogP contribution is 2.28. The topological polar surface area (TPSA) is 38.9 Å². The van der Waals surface area contributed by atoms with Gasteiger partial charge in [0.2, 0.25) is 0 Å². The molecule has 0 radical (unpaired) electrons. The Bertz CT molecular complexity index is 340. The van der Waals surface area contributed by atoms with Crippen LogP contribution >= 0.6 is 0 Å². The smallest absolute Gasteiger partial charge is 0.384 e. The standard InChI is InChI=1S/C7H7F3N2/c1-4-2-5(7(8,9)10)12-6(11)3-4/h2-3H,1H3,(H2,11,12)/i1D3. The monoisotopic (exact) mass is 179 g/mol. The summed E-state index contributed by atoms with van der Waals surface area (Å²) < 4.78 is 57.6. The van der Waals surface area contributed by atoms with E-state index in [0.717, 1.165) is 6.07 Å². The maximum Gasteiger partial charge on any atom is 0.433 e. The Morgan fingerprint density at radius 2 is 2.17 bits per heavy atom. The predicted molar refractivity (Wildman–Crippen MR) is 38.4 cm³/mol. The number of nitrogen functional groups attached to an aromatic ring is 1. The number of nitrogens with two attached hydrogens (primary N) is 1. The molecule has 1 rings (SSSR count). The molecule has 5 heteroatoms. The summed E-state index contributed by atoms with van der Waals surface area (Å²) in [5.41, 5.74) is 3.32. The number of hydrogen-bond acceptors (Lipinski definition) is 2. The number of nitrogens with zero attached hydrogens (tertiary/aromatic N) is 1. The molecule has 0 unspecified atom stereocenters. The molecule has 0 aliphatic rings. The summed E-state index contributed by atoms with van der Waals surface area (Å²) in [5, 5.41) is 0. The Morgan fingerprint density at radius 3 is 2.67 bits per heavy atom. The van der Waals surface area contributed by atoms with Gasteiger partial charge in [-0.3, -0.25) is 0 Å². The third kappa shape index (κ3) is 1.87. The lowest BCUT2D eigenvalue weighted by molar-refractivity contribution is -0.141. The van der Waals surface area contributed by atoms with Gasteiger partial charge in [0.1, 0.15) is 11.5 Å². The Hall–Kier alpha value is -1.26. The minimum Gasteiger partial charge on any atom is -0.384 e. The molecule has 0 aliphatic carbocycles. The summed E-state index contributed by atoms with van der Waals surface area (Å²) in [6.45, 7) is -2.63. The summed E-state index contributed by atoms with van der Waals surface area (Å²) >= 11 is 0. The van der Waals surface area contributed by atoms with Crippen molar-refractivity contribution >= 4 is 5.82 Å². The van der Waals surface area contributed by atoms with E-state index in [0.29, 0.717) is 6.07 Å². The minimum absolute atomic E-state index is 0.462. The van der Waals surface area contributed by atoms with Gasteiger partial charge < -0.3 is 5.73 Å². The zero-order chi connectivity index (χ0) is 11.9. The van der Waals surface area contributed by atoms with Crippen molar-refractivity contribution in [3.63, 3.8) is 0 Å². The number of pyridine rings is 1. The van der Waals surface area contributed by atoms with Crippen LogP contribution in [0.25, 0.3) is 0 Å². The van der Waals surface area contributed by atoms with Crippen molar-refractivity contribution in [1.82, 2.24) is 4.98 Å². The van der Waals surface area contributed by atoms with Crippen molar-refractivity contribution in [2.75, 3.05) is 5.73 Å². The fourth-order valence-corrected chi connectivity index (χ4v) is 0.697. The van der Waals surface area contributed by atoms with Crippen LogP contribution in [0.1, 0.15) is 15.4 Å². The highest BCUT2D eigenvalue weighted by Gasteiger charge is 2.32. The summed E-state index contributed by atoms with van der Waals surface area (Å²) in [4.78, 5) is 3.02. The van der Waals surface area contributed by atoms with E-state index in [9.17, 15) is 13.2 Å². The van der Waals surface area contributed by atoms with Gasteiger partial charge in [0.15, 0.2) is 0 Å². The zero-order valence-corrected chi connectivity index (χ0v) is 5.81. The third-order valence-electron chi connectivity index (χ3n) is 1.14. The van der Waals surface area contributed by atoms with E-state index in [-0.39, 0.29) is 0 Å². The number of anilines is 1. The number of halogens is 3. The van der Waals surface area contributed by atoms with Crippen molar-refractivity contribution in [2.45, 2.75) is 13.0 Å². The van der Waals surface area contributed by atoms with Crippen molar-refractivity contribution < 1.29 is 17.3 Å². The first-order valence-electron chi connectivity index (χ1n) is 4.46. The average Bonchev–Trinajstić information content (AvgIpc) is 1.99. The highest BCUT2D eigenvalue weighted by atomic mass is 19.4. The van der Waals surface area contributed by atoms with Gasteiger partial charge in [0.05, 0.1) is 0 Å². The minimum atomic E-state index is -4.70. The van der Waals surface area contributed by atoms with Crippen LogP contribution in [-0.4, -0.2) is 4.98 Å². The van der Waals surface area contributed by atoms with Gasteiger partial charge in [0.25, 0.3) is 0 Å². The SMILES string of the molecule is [2H]C([2H])([2H])c1cc(N)nc(C(F)(F)F)c1. The maximum atomic E-state index is 12.2. The molecule has 0 bridgehead atoms. The van der Waals surface area contributed by atoms with E-state index in [1.54, 1.807) is 0 Å². The molecule has 0 atom stereocenters. The van der Waals surface area contributed by atoms with Crippen molar-refractivity contribution in [1.29, 1.82) is 0 Å². The Morgan fingerprint density at radius 1 is 1.50 bits per heavy atom. The second-order valence-electron chi connectivity index (χ2n) is 2.16. The van der Waals surface area contributed by atoms with Crippen molar-refractivity contribution in [3.8, 4) is 0 Å². The molecular weight excluding hydrogens is 169 g/mol. The van der Waals surface area contributed by atoms with Gasteiger partial charge >= 0.3 is 6.18 Å². The second-order valence-corrected chi connectivity index (χ2v) is 2.16. The third-order valence-corrected chi connectivity index (χ3v) is 1.14. The molecule has 0 spiro atoms. The van der Waals surface area contributed by atoms with Crippen molar-refractivity contribution in [3.05, 3.63) is 23.4 Å². The van der Waals surface area contributed by atoms with Crippen LogP contribution in [0.5, 0.6) is 0 Å². The lowest BCUT2D eigenvalue weighted by atomic mass is 10.2. The van der Waals surface area contributed by atoms with E-state index in [1.807, 2.05) is 0 Å². The van der Waals surface area contributed by atoms with Crippen molar-refractivity contribution in [2.24, 2.45) is 0 Å². The second kappa shape index (κ2) is 2.66. The normalized spacial score (nSPS) is 16.4. The van der Waals surface area contributed by atoms with Gasteiger partial charge in [0, 0.05) is 4.11 Å². The lowest BCUT2D eigenvalue weighted by Gasteiger charge is -2.06. The van der Waals surface area contributed by atoms with E-state index < -0.39 is 30.1 Å². The van der Waals surface area contributed by atoms with E-state index in [2.05, 4.69) is 4.98 Å². The summed E-state index contributed by atoms with van der Waals surface area (Å²) in [7, 11) is 0. The molecule has 1 aromatic heterocycles. The number of aromatic nitrogens is 1. The molecule has 0 saturated heterocycles. The van der Waals surface area contributed by atoms with Crippen LogP contribution in [0.3, 0.4) is 0 Å². The summed E-state index contributed by atoms with van der Waals surface area (Å²) in [5.74, 6) is -0.462. The first kappa shape index (κ1) is 5.40. The summed E-state index contributed by atoms with van der Waals surface area (Å²) in [6, 6.07) is 1.38. The Labute approximate surface area is 71.4 Å². The fraction of sp³-hybridized carbons (Fsp3) is 0.286. The predicted octanol–water partition coefficient (Wildman–Crippen LogP) is 1.99. The van der Waals surface area contributed by atoms with Crippen LogP contribution in [0.4, 0.5) is 19.0 Å². The molecular formula is C7H7F3N2. The molecule has 12 heavy (non-hydrogen) atoms. The van der Waals surface area contributed by atoms with Crippen LogP contribution < -0.4 is 5.73 Å². The Balaban J connectivity index is 3.30. The van der Waals surface area contributed by atoms with Gasteiger partial charge in [-0.25, -0.2) is 4.98 Å². The number of rotatable bonds is 0. The number of alkyl halides is 3. The van der Waals surface area contributed by atoms with E-state index in [4.69, 9.17) is 9.85 Å². The molecule has 66 valence electrons. The molecule has 1 aromatic rings.